The van der Waals surface area contributed by atoms with E-state index in [2.05, 4.69) is 20.5 Å². The molecule has 0 radical (unpaired) electrons. The monoisotopic (exact) mass is 247 g/mol. The number of imidazole rings is 1. The van der Waals surface area contributed by atoms with Crippen LogP contribution in [0, 0.1) is 13.8 Å². The van der Waals surface area contributed by atoms with Gasteiger partial charge in [-0.05, 0) is 13.8 Å². The number of hydrogen-bond donors (Lipinski definition) is 2. The molecule has 0 aliphatic rings. The average Bonchev–Trinajstić information content (AvgIpc) is 2.86. The van der Waals surface area contributed by atoms with Gasteiger partial charge in [-0.2, -0.15) is 5.10 Å². The summed E-state index contributed by atoms with van der Waals surface area (Å²) in [4.78, 5) is 16.2. The van der Waals surface area contributed by atoms with E-state index in [0.717, 1.165) is 17.2 Å². The van der Waals surface area contributed by atoms with E-state index in [1.165, 1.54) is 0 Å². The number of carbonyl (C=O) groups is 1. The van der Waals surface area contributed by atoms with Crippen LogP contribution in [-0.2, 0) is 13.5 Å². The van der Waals surface area contributed by atoms with Crippen molar-refractivity contribution < 1.29 is 4.79 Å². The van der Waals surface area contributed by atoms with Gasteiger partial charge in [-0.15, -0.1) is 0 Å². The molecule has 0 aliphatic heterocycles. The number of nitrogens with one attached hydrogen (secondary N) is 2. The van der Waals surface area contributed by atoms with E-state index < -0.39 is 0 Å². The molecule has 2 aromatic rings. The molecule has 0 atom stereocenters. The lowest BCUT2D eigenvalue weighted by atomic mass is 10.2. The van der Waals surface area contributed by atoms with Crippen LogP contribution in [0.4, 0.5) is 0 Å². The summed E-state index contributed by atoms with van der Waals surface area (Å²) in [6, 6.07) is 0. The molecule has 96 valence electrons. The molecular formula is C12H17N5O. The van der Waals surface area contributed by atoms with Crippen LogP contribution >= 0.6 is 0 Å². The minimum absolute atomic E-state index is 0.0899. The number of aromatic amines is 1. The number of aryl methyl sites for hydroxylation is 3. The molecular weight excluding hydrogens is 230 g/mol. The molecule has 2 N–H and O–H groups in total. The average molecular weight is 247 g/mol. The molecule has 0 saturated heterocycles. The van der Waals surface area contributed by atoms with Crippen molar-refractivity contribution in [3.05, 3.63) is 35.2 Å². The van der Waals surface area contributed by atoms with Crippen LogP contribution < -0.4 is 5.32 Å². The maximum Gasteiger partial charge on any atom is 0.255 e. The summed E-state index contributed by atoms with van der Waals surface area (Å²) in [6.07, 6.45) is 4.36. The van der Waals surface area contributed by atoms with Gasteiger partial charge in [-0.3, -0.25) is 9.89 Å². The summed E-state index contributed by atoms with van der Waals surface area (Å²) in [5.41, 5.74) is 2.15. The SMILES string of the molecule is Cc1n[nH]c(C)c1C(=O)NCCc1nccn1C. The van der Waals surface area contributed by atoms with E-state index in [-0.39, 0.29) is 5.91 Å². The highest BCUT2D eigenvalue weighted by atomic mass is 16.1. The zero-order valence-corrected chi connectivity index (χ0v) is 10.8. The molecule has 18 heavy (non-hydrogen) atoms. The molecule has 0 unspecified atom stereocenters. The van der Waals surface area contributed by atoms with E-state index in [4.69, 9.17) is 0 Å². The number of amides is 1. The van der Waals surface area contributed by atoms with Crippen molar-refractivity contribution in [3.63, 3.8) is 0 Å². The predicted octanol–water partition coefficient (Wildman–Crippen LogP) is 0.733. The van der Waals surface area contributed by atoms with Crippen molar-refractivity contribution in [1.82, 2.24) is 25.1 Å². The first-order chi connectivity index (χ1) is 8.59. The molecule has 0 fully saturated rings. The van der Waals surface area contributed by atoms with Crippen molar-refractivity contribution in [2.24, 2.45) is 7.05 Å². The molecule has 6 heteroatoms. The minimum Gasteiger partial charge on any atom is -0.351 e. The summed E-state index contributed by atoms with van der Waals surface area (Å²) in [5.74, 6) is 0.865. The van der Waals surface area contributed by atoms with Crippen molar-refractivity contribution in [1.29, 1.82) is 0 Å². The van der Waals surface area contributed by atoms with Gasteiger partial charge >= 0.3 is 0 Å². The first-order valence-corrected chi connectivity index (χ1v) is 5.85. The van der Waals surface area contributed by atoms with Crippen LogP contribution in [-0.4, -0.2) is 32.2 Å². The maximum atomic E-state index is 12.0. The molecule has 2 aromatic heterocycles. The van der Waals surface area contributed by atoms with Crippen molar-refractivity contribution in [2.75, 3.05) is 6.54 Å². The Morgan fingerprint density at radius 2 is 2.28 bits per heavy atom. The third kappa shape index (κ3) is 2.42. The molecule has 0 saturated carbocycles. The fourth-order valence-electron chi connectivity index (χ4n) is 1.90. The minimum atomic E-state index is -0.0899. The van der Waals surface area contributed by atoms with Crippen molar-refractivity contribution in [2.45, 2.75) is 20.3 Å². The molecule has 0 spiro atoms. The second-order valence-corrected chi connectivity index (χ2v) is 4.27. The summed E-state index contributed by atoms with van der Waals surface area (Å²) in [5, 5.41) is 9.69. The quantitative estimate of drug-likeness (QED) is 0.836. The Morgan fingerprint density at radius 3 is 2.83 bits per heavy atom. The normalized spacial score (nSPS) is 10.6. The van der Waals surface area contributed by atoms with Crippen LogP contribution in [0.3, 0.4) is 0 Å². The van der Waals surface area contributed by atoms with E-state index in [1.807, 2.05) is 31.7 Å². The van der Waals surface area contributed by atoms with Gasteiger partial charge < -0.3 is 9.88 Å². The summed E-state index contributed by atoms with van der Waals surface area (Å²) >= 11 is 0. The number of carbonyl (C=O) groups excluding carboxylic acids is 1. The van der Waals surface area contributed by atoms with Gasteiger partial charge in [0, 0.05) is 38.1 Å². The number of aromatic nitrogens is 4. The first kappa shape index (κ1) is 12.3. The summed E-state index contributed by atoms with van der Waals surface area (Å²) in [7, 11) is 1.94. The summed E-state index contributed by atoms with van der Waals surface area (Å²) < 4.78 is 1.94. The number of hydrogen-bond acceptors (Lipinski definition) is 3. The Morgan fingerprint density at radius 1 is 1.50 bits per heavy atom. The van der Waals surface area contributed by atoms with Crippen molar-refractivity contribution in [3.8, 4) is 0 Å². The number of rotatable bonds is 4. The van der Waals surface area contributed by atoms with E-state index in [1.54, 1.807) is 6.20 Å². The van der Waals surface area contributed by atoms with Crippen LogP contribution in [0.2, 0.25) is 0 Å². The zero-order valence-electron chi connectivity index (χ0n) is 10.8. The maximum absolute atomic E-state index is 12.0. The largest absolute Gasteiger partial charge is 0.351 e. The molecule has 2 rings (SSSR count). The van der Waals surface area contributed by atoms with Crippen LogP contribution in [0.1, 0.15) is 27.6 Å². The Labute approximate surface area is 105 Å². The highest BCUT2D eigenvalue weighted by molar-refractivity contribution is 5.96. The molecule has 0 bridgehead atoms. The molecule has 0 aliphatic carbocycles. The van der Waals surface area contributed by atoms with Gasteiger partial charge in [0.2, 0.25) is 0 Å². The third-order valence-corrected chi connectivity index (χ3v) is 2.91. The Bertz CT molecular complexity index is 535. The van der Waals surface area contributed by atoms with E-state index in [0.29, 0.717) is 18.5 Å². The van der Waals surface area contributed by atoms with Crippen molar-refractivity contribution >= 4 is 5.91 Å². The van der Waals surface area contributed by atoms with Crippen LogP contribution in [0.15, 0.2) is 12.4 Å². The topological polar surface area (TPSA) is 75.6 Å². The fraction of sp³-hybridized carbons (Fsp3) is 0.417. The zero-order chi connectivity index (χ0) is 13.1. The van der Waals surface area contributed by atoms with Crippen LogP contribution in [0.25, 0.3) is 0 Å². The highest BCUT2D eigenvalue weighted by Gasteiger charge is 2.14. The van der Waals surface area contributed by atoms with Gasteiger partial charge in [-0.1, -0.05) is 0 Å². The van der Waals surface area contributed by atoms with Gasteiger partial charge in [0.15, 0.2) is 0 Å². The van der Waals surface area contributed by atoms with Crippen LogP contribution in [0.5, 0.6) is 0 Å². The predicted molar refractivity (Wildman–Crippen MR) is 67.3 cm³/mol. The lowest BCUT2D eigenvalue weighted by molar-refractivity contribution is 0.0953. The second kappa shape index (κ2) is 5.03. The Balaban J connectivity index is 1.92. The first-order valence-electron chi connectivity index (χ1n) is 5.85. The van der Waals surface area contributed by atoms with E-state index in [9.17, 15) is 4.79 Å². The third-order valence-electron chi connectivity index (χ3n) is 2.91. The van der Waals surface area contributed by atoms with Gasteiger partial charge in [0.25, 0.3) is 5.91 Å². The number of nitrogens with zero attached hydrogens (tertiary/aromatic N) is 3. The second-order valence-electron chi connectivity index (χ2n) is 4.27. The molecule has 1 amide bonds. The number of H-pyrrole nitrogens is 1. The lowest BCUT2D eigenvalue weighted by Gasteiger charge is -2.05. The fourth-order valence-corrected chi connectivity index (χ4v) is 1.90. The molecule has 2 heterocycles. The Hall–Kier alpha value is -2.11. The van der Waals surface area contributed by atoms with Gasteiger partial charge in [0.05, 0.1) is 11.3 Å². The smallest absolute Gasteiger partial charge is 0.255 e. The molecule has 0 aromatic carbocycles. The summed E-state index contributed by atoms with van der Waals surface area (Å²) in [6.45, 7) is 4.22. The van der Waals surface area contributed by atoms with E-state index >= 15 is 0 Å². The molecule has 6 nitrogen and oxygen atoms in total. The standard InChI is InChI=1S/C12H17N5O/c1-8-11(9(2)16-15-8)12(18)14-5-4-10-13-6-7-17(10)3/h6-7H,4-5H2,1-3H3,(H,14,18)(H,15,16). The highest BCUT2D eigenvalue weighted by Crippen LogP contribution is 2.08. The van der Waals surface area contributed by atoms with Gasteiger partial charge in [-0.25, -0.2) is 4.98 Å². The Kier molecular flexibility index (Phi) is 3.45. The van der Waals surface area contributed by atoms with Gasteiger partial charge in [0.1, 0.15) is 5.82 Å². The lowest BCUT2D eigenvalue weighted by Crippen LogP contribution is -2.27.